The number of sulfonamides is 1. The van der Waals surface area contributed by atoms with Crippen molar-refractivity contribution in [2.45, 2.75) is 25.2 Å². The molecular formula is C13H19NO3S. The van der Waals surface area contributed by atoms with E-state index in [1.807, 2.05) is 0 Å². The van der Waals surface area contributed by atoms with Gasteiger partial charge in [-0.2, -0.15) is 4.31 Å². The summed E-state index contributed by atoms with van der Waals surface area (Å²) in [5.74, 6) is 0.712. The van der Waals surface area contributed by atoms with Gasteiger partial charge in [-0.3, -0.25) is 0 Å². The van der Waals surface area contributed by atoms with Gasteiger partial charge in [0.15, 0.2) is 0 Å². The Bertz CT molecular complexity index is 527. The minimum Gasteiger partial charge on any atom is -0.507 e. The fraction of sp³-hybridized carbons (Fsp3) is 0.538. The second-order valence-corrected chi connectivity index (χ2v) is 6.98. The molecule has 0 spiro atoms. The van der Waals surface area contributed by atoms with Crippen molar-refractivity contribution in [2.24, 2.45) is 11.8 Å². The number of benzene rings is 1. The molecule has 1 saturated heterocycles. The van der Waals surface area contributed by atoms with E-state index in [4.69, 9.17) is 0 Å². The molecular weight excluding hydrogens is 250 g/mol. The van der Waals surface area contributed by atoms with E-state index >= 15 is 0 Å². The number of rotatable bonds is 2. The van der Waals surface area contributed by atoms with Gasteiger partial charge in [0.25, 0.3) is 0 Å². The summed E-state index contributed by atoms with van der Waals surface area (Å²) in [7, 11) is -3.57. The molecule has 0 aromatic heterocycles. The molecule has 0 aliphatic carbocycles. The van der Waals surface area contributed by atoms with E-state index in [9.17, 15) is 13.5 Å². The molecule has 1 fully saturated rings. The third kappa shape index (κ3) is 2.37. The van der Waals surface area contributed by atoms with Crippen LogP contribution < -0.4 is 0 Å². The van der Waals surface area contributed by atoms with Crippen LogP contribution in [0.3, 0.4) is 0 Å². The Morgan fingerprint density at radius 3 is 2.50 bits per heavy atom. The average molecular weight is 269 g/mol. The van der Waals surface area contributed by atoms with Gasteiger partial charge in [0.2, 0.25) is 10.0 Å². The summed E-state index contributed by atoms with van der Waals surface area (Å²) in [6.45, 7) is 5.27. The summed E-state index contributed by atoms with van der Waals surface area (Å²) in [6.07, 6.45) is 0.869. The Kier molecular flexibility index (Phi) is 3.64. The van der Waals surface area contributed by atoms with Gasteiger partial charge in [-0.05, 0) is 30.4 Å². The van der Waals surface area contributed by atoms with Crippen molar-refractivity contribution in [3.05, 3.63) is 24.3 Å². The lowest BCUT2D eigenvalue weighted by Crippen LogP contribution is -2.42. The number of para-hydroxylation sites is 1. The summed E-state index contributed by atoms with van der Waals surface area (Å²) in [5, 5.41) is 9.69. The Morgan fingerprint density at radius 2 is 1.89 bits per heavy atom. The first-order valence-electron chi connectivity index (χ1n) is 6.21. The number of hydrogen-bond acceptors (Lipinski definition) is 3. The molecule has 0 bridgehead atoms. The topological polar surface area (TPSA) is 57.6 Å². The second kappa shape index (κ2) is 4.90. The summed E-state index contributed by atoms with van der Waals surface area (Å²) in [6, 6.07) is 6.11. The first-order chi connectivity index (χ1) is 8.43. The van der Waals surface area contributed by atoms with Gasteiger partial charge in [-0.1, -0.05) is 26.0 Å². The van der Waals surface area contributed by atoms with Gasteiger partial charge in [-0.15, -0.1) is 0 Å². The normalized spacial score (nSPS) is 26.1. The van der Waals surface area contributed by atoms with Crippen LogP contribution in [0.15, 0.2) is 29.2 Å². The van der Waals surface area contributed by atoms with Crippen LogP contribution >= 0.6 is 0 Å². The molecule has 1 heterocycles. The van der Waals surface area contributed by atoms with Crippen molar-refractivity contribution < 1.29 is 13.5 Å². The third-order valence-electron chi connectivity index (χ3n) is 3.78. The molecule has 100 valence electrons. The number of piperidine rings is 1. The van der Waals surface area contributed by atoms with Gasteiger partial charge in [0.1, 0.15) is 10.6 Å². The van der Waals surface area contributed by atoms with E-state index in [0.717, 1.165) is 6.42 Å². The van der Waals surface area contributed by atoms with Crippen molar-refractivity contribution in [3.8, 4) is 5.75 Å². The van der Waals surface area contributed by atoms with Crippen LogP contribution in [0.2, 0.25) is 0 Å². The van der Waals surface area contributed by atoms with Gasteiger partial charge < -0.3 is 5.11 Å². The highest BCUT2D eigenvalue weighted by atomic mass is 32.2. The Hall–Kier alpha value is -1.07. The smallest absolute Gasteiger partial charge is 0.246 e. The molecule has 1 aromatic rings. The van der Waals surface area contributed by atoms with Crippen molar-refractivity contribution in [3.63, 3.8) is 0 Å². The van der Waals surface area contributed by atoms with Crippen LogP contribution in [0.25, 0.3) is 0 Å². The third-order valence-corrected chi connectivity index (χ3v) is 5.69. The van der Waals surface area contributed by atoms with E-state index in [-0.39, 0.29) is 10.6 Å². The maximum atomic E-state index is 12.4. The van der Waals surface area contributed by atoms with E-state index in [0.29, 0.717) is 24.9 Å². The largest absolute Gasteiger partial charge is 0.507 e. The van der Waals surface area contributed by atoms with E-state index in [1.54, 1.807) is 12.1 Å². The number of nitrogens with zero attached hydrogens (tertiary/aromatic N) is 1. The van der Waals surface area contributed by atoms with Crippen molar-refractivity contribution in [2.75, 3.05) is 13.1 Å². The molecule has 1 aliphatic heterocycles. The van der Waals surface area contributed by atoms with E-state index < -0.39 is 10.0 Å². The van der Waals surface area contributed by atoms with Gasteiger partial charge >= 0.3 is 0 Å². The Balaban J connectivity index is 2.30. The van der Waals surface area contributed by atoms with Crippen molar-refractivity contribution >= 4 is 10.0 Å². The van der Waals surface area contributed by atoms with Crippen LogP contribution in [0.1, 0.15) is 20.3 Å². The first kappa shape index (κ1) is 13.4. The maximum absolute atomic E-state index is 12.4. The van der Waals surface area contributed by atoms with Gasteiger partial charge in [0, 0.05) is 13.1 Å². The Labute approximate surface area is 108 Å². The van der Waals surface area contributed by atoms with Crippen molar-refractivity contribution in [1.29, 1.82) is 0 Å². The molecule has 5 heteroatoms. The van der Waals surface area contributed by atoms with Crippen LogP contribution in [-0.4, -0.2) is 30.9 Å². The molecule has 1 aliphatic rings. The monoisotopic (exact) mass is 269 g/mol. The standard InChI is InChI=1S/C13H19NO3S/c1-10-7-8-14(9-11(10)2)18(16,17)13-6-4-3-5-12(13)15/h3-6,10-11,15H,7-9H2,1-2H3. The number of hydrogen-bond donors (Lipinski definition) is 1. The fourth-order valence-corrected chi connectivity index (χ4v) is 3.90. The van der Waals surface area contributed by atoms with Crippen LogP contribution in [0.4, 0.5) is 0 Å². The van der Waals surface area contributed by atoms with Gasteiger partial charge in [-0.25, -0.2) is 8.42 Å². The minimum absolute atomic E-state index is 0.00625. The van der Waals surface area contributed by atoms with Crippen LogP contribution in [0, 0.1) is 11.8 Å². The van der Waals surface area contributed by atoms with Crippen molar-refractivity contribution in [1.82, 2.24) is 4.31 Å². The predicted molar refractivity (Wildman–Crippen MR) is 69.8 cm³/mol. The second-order valence-electron chi connectivity index (χ2n) is 5.07. The lowest BCUT2D eigenvalue weighted by molar-refractivity contribution is 0.212. The maximum Gasteiger partial charge on any atom is 0.246 e. The quantitative estimate of drug-likeness (QED) is 0.894. The van der Waals surface area contributed by atoms with E-state index in [1.165, 1.54) is 16.4 Å². The average Bonchev–Trinajstić information content (AvgIpc) is 2.33. The number of aromatic hydroxyl groups is 1. The zero-order valence-electron chi connectivity index (χ0n) is 10.7. The molecule has 18 heavy (non-hydrogen) atoms. The minimum atomic E-state index is -3.57. The number of phenols is 1. The summed E-state index contributed by atoms with van der Waals surface area (Å²) in [5.41, 5.74) is 0. The zero-order valence-corrected chi connectivity index (χ0v) is 11.5. The summed E-state index contributed by atoms with van der Waals surface area (Å²) < 4.78 is 26.3. The number of phenolic OH excluding ortho intramolecular Hbond substituents is 1. The summed E-state index contributed by atoms with van der Waals surface area (Å²) >= 11 is 0. The molecule has 1 aromatic carbocycles. The zero-order chi connectivity index (χ0) is 13.3. The highest BCUT2D eigenvalue weighted by molar-refractivity contribution is 7.89. The lowest BCUT2D eigenvalue weighted by Gasteiger charge is -2.34. The first-order valence-corrected chi connectivity index (χ1v) is 7.65. The SMILES string of the molecule is CC1CCN(S(=O)(=O)c2ccccc2O)CC1C. The fourth-order valence-electron chi connectivity index (χ4n) is 2.26. The molecule has 2 unspecified atom stereocenters. The summed E-state index contributed by atoms with van der Waals surface area (Å²) in [4.78, 5) is 0.00625. The van der Waals surface area contributed by atoms with Gasteiger partial charge in [0.05, 0.1) is 0 Å². The highest BCUT2D eigenvalue weighted by Crippen LogP contribution is 2.30. The van der Waals surface area contributed by atoms with E-state index in [2.05, 4.69) is 13.8 Å². The predicted octanol–water partition coefficient (Wildman–Crippen LogP) is 2.06. The van der Waals surface area contributed by atoms with Crippen LogP contribution in [-0.2, 0) is 10.0 Å². The molecule has 1 N–H and O–H groups in total. The molecule has 2 atom stereocenters. The van der Waals surface area contributed by atoms with Crippen LogP contribution in [0.5, 0.6) is 5.75 Å². The molecule has 4 nitrogen and oxygen atoms in total. The molecule has 2 rings (SSSR count). The molecule has 0 saturated carbocycles. The molecule has 0 radical (unpaired) electrons. The highest BCUT2D eigenvalue weighted by Gasteiger charge is 2.32. The lowest BCUT2D eigenvalue weighted by atomic mass is 9.90. The Morgan fingerprint density at radius 1 is 1.22 bits per heavy atom. The molecule has 0 amide bonds.